The smallest absolute Gasteiger partial charge is 0.261 e. The molecular weight excluding hydrogens is 879 g/mol. The van der Waals surface area contributed by atoms with Crippen LogP contribution in [-0.2, 0) is 40.4 Å². The number of ether oxygens (including phenoxy) is 4. The second-order valence-electron chi connectivity index (χ2n) is 17.7. The highest BCUT2D eigenvalue weighted by Gasteiger charge is 2.39. The van der Waals surface area contributed by atoms with Crippen LogP contribution in [0.25, 0.3) is 0 Å². The first-order valence-electron chi connectivity index (χ1n) is 23.3. The van der Waals surface area contributed by atoms with Crippen molar-refractivity contribution in [2.45, 2.75) is 90.3 Å². The molecule has 0 saturated carbocycles. The first-order valence-corrected chi connectivity index (χ1v) is 23.3. The Morgan fingerprint density at radius 2 is 1.33 bits per heavy atom. The molecule has 0 unspecified atom stereocenters. The molecule has 9 rings (SSSR count). The van der Waals surface area contributed by atoms with Crippen molar-refractivity contribution in [2.75, 3.05) is 41.2 Å². The number of hydrogen-bond donors (Lipinski definition) is 4. The molecule has 0 fully saturated rings. The molecule has 5 aromatic rings. The van der Waals surface area contributed by atoms with Crippen LogP contribution in [0.1, 0.15) is 83.0 Å². The van der Waals surface area contributed by atoms with Crippen LogP contribution in [0.3, 0.4) is 0 Å². The number of hydrogen-bond acceptors (Lipinski definition) is 11. The van der Waals surface area contributed by atoms with Crippen LogP contribution in [-0.4, -0.2) is 80.7 Å². The number of rotatable bonds is 16. The van der Waals surface area contributed by atoms with Crippen LogP contribution in [0.4, 0.5) is 28.4 Å². The van der Waals surface area contributed by atoms with E-state index >= 15 is 0 Å². The largest absolute Gasteiger partial charge is 0.493 e. The molecule has 4 aliphatic heterocycles. The Bertz CT molecular complexity index is 2880. The third-order valence-corrected chi connectivity index (χ3v) is 12.9. The van der Waals surface area contributed by atoms with Gasteiger partial charge in [-0.25, -0.2) is 0 Å². The second kappa shape index (κ2) is 19.8. The number of aliphatic imine (C=N–C) groups is 1. The molecule has 4 N–H and O–H groups in total. The van der Waals surface area contributed by atoms with Crippen molar-refractivity contribution >= 4 is 64.2 Å². The Morgan fingerprint density at radius 3 is 2.01 bits per heavy atom. The molecule has 0 radical (unpaired) electrons. The average Bonchev–Trinajstić information content (AvgIpc) is 3.85. The summed E-state index contributed by atoms with van der Waals surface area (Å²) in [5.74, 6) is -0.102. The summed E-state index contributed by atoms with van der Waals surface area (Å²) in [6.07, 6.45) is 5.05. The standard InChI is InChI=1S/C53H55N7O9/c1-6-7-16-49(61)56-30(2)50(62)57-31(3)51(63)58-36-18-32(28-68-47-24-41-39(22-45(47)66-4)52(64)59-37(26-54-41)20-34-12-8-10-14-43(34)59)17-33(19-36)29-69-48-25-42-40(23-46(48)67-5)53(65)60-38(27-55-42)21-35-13-9-11-15-44(35)60/h8-15,17-19,22-26,30-31,37-38,55H,6-7,16,20-21,27-29H2,1-5H3,(H,56,61)(H,57,62)(H,58,63)/t30-,31-,37-,38-/m0/s1. The number of unbranched alkanes of at least 4 members (excludes halogenated alkanes) is 1. The molecule has 4 heterocycles. The predicted molar refractivity (Wildman–Crippen MR) is 263 cm³/mol. The number of nitrogens with zero attached hydrogens (tertiary/aromatic N) is 3. The lowest BCUT2D eigenvalue weighted by atomic mass is 10.1. The number of nitrogens with one attached hydrogen (secondary N) is 4. The van der Waals surface area contributed by atoms with Gasteiger partial charge in [0.05, 0.1) is 48.8 Å². The highest BCUT2D eigenvalue weighted by atomic mass is 16.5. The fraction of sp³-hybridized carbons (Fsp3) is 0.321. The van der Waals surface area contributed by atoms with E-state index in [1.165, 1.54) is 14.2 Å². The summed E-state index contributed by atoms with van der Waals surface area (Å²) >= 11 is 0. The summed E-state index contributed by atoms with van der Waals surface area (Å²) in [7, 11) is 3.02. The monoisotopic (exact) mass is 933 g/mol. The molecule has 356 valence electrons. The van der Waals surface area contributed by atoms with Crippen LogP contribution in [0.15, 0.2) is 96.0 Å². The summed E-state index contributed by atoms with van der Waals surface area (Å²) in [4.78, 5) is 75.4. The zero-order chi connectivity index (χ0) is 48.3. The first kappa shape index (κ1) is 46.2. The normalized spacial score (nSPS) is 17.0. The predicted octanol–water partition coefficient (Wildman–Crippen LogP) is 7.28. The van der Waals surface area contributed by atoms with Gasteiger partial charge in [0.25, 0.3) is 11.8 Å². The van der Waals surface area contributed by atoms with Gasteiger partial charge in [-0.2, -0.15) is 0 Å². The van der Waals surface area contributed by atoms with Crippen molar-refractivity contribution < 1.29 is 42.9 Å². The van der Waals surface area contributed by atoms with E-state index in [0.717, 1.165) is 35.3 Å². The van der Waals surface area contributed by atoms with Gasteiger partial charge in [-0.05, 0) is 91.4 Å². The zero-order valence-corrected chi connectivity index (χ0v) is 39.2. The Kier molecular flexibility index (Phi) is 13.2. The summed E-state index contributed by atoms with van der Waals surface area (Å²) in [5, 5.41) is 11.8. The fourth-order valence-corrected chi connectivity index (χ4v) is 9.30. The molecule has 16 heteroatoms. The van der Waals surface area contributed by atoms with E-state index in [1.54, 1.807) is 61.4 Å². The van der Waals surface area contributed by atoms with Gasteiger partial charge < -0.3 is 45.1 Å². The maximum Gasteiger partial charge on any atom is 0.261 e. The molecule has 5 aromatic carbocycles. The van der Waals surface area contributed by atoms with Gasteiger partial charge in [-0.3, -0.25) is 33.9 Å². The number of benzene rings is 5. The number of anilines is 4. The maximum atomic E-state index is 14.1. The third kappa shape index (κ3) is 9.51. The van der Waals surface area contributed by atoms with E-state index < -0.39 is 23.9 Å². The van der Waals surface area contributed by atoms with Crippen LogP contribution in [0, 0.1) is 0 Å². The lowest BCUT2D eigenvalue weighted by Crippen LogP contribution is -2.50. The molecule has 4 atom stereocenters. The van der Waals surface area contributed by atoms with E-state index in [-0.39, 0.29) is 43.0 Å². The fourth-order valence-electron chi connectivity index (χ4n) is 9.30. The first-order chi connectivity index (χ1) is 33.4. The van der Waals surface area contributed by atoms with E-state index in [0.29, 0.717) is 88.1 Å². The van der Waals surface area contributed by atoms with Crippen LogP contribution >= 0.6 is 0 Å². The summed E-state index contributed by atoms with van der Waals surface area (Å²) in [5.41, 5.74) is 7.56. The van der Waals surface area contributed by atoms with E-state index in [1.807, 2.05) is 60.4 Å². The van der Waals surface area contributed by atoms with Gasteiger partial charge in [0.1, 0.15) is 25.3 Å². The Hall–Kier alpha value is -7.88. The highest BCUT2D eigenvalue weighted by molar-refractivity contribution is 6.15. The molecule has 69 heavy (non-hydrogen) atoms. The summed E-state index contributed by atoms with van der Waals surface area (Å²) in [6, 6.07) is 25.9. The minimum absolute atomic E-state index is 0.00215. The van der Waals surface area contributed by atoms with Crippen molar-refractivity contribution in [1.82, 2.24) is 10.6 Å². The highest BCUT2D eigenvalue weighted by Crippen LogP contribution is 2.43. The van der Waals surface area contributed by atoms with E-state index in [2.05, 4.69) is 27.3 Å². The van der Waals surface area contributed by atoms with Crippen molar-refractivity contribution in [3.8, 4) is 23.0 Å². The van der Waals surface area contributed by atoms with E-state index in [4.69, 9.17) is 23.9 Å². The molecular formula is C53H55N7O9. The number of para-hydroxylation sites is 2. The number of carbonyl (C=O) groups excluding carboxylic acids is 5. The quantitative estimate of drug-likeness (QED) is 0.0783. The third-order valence-electron chi connectivity index (χ3n) is 12.9. The minimum atomic E-state index is -0.966. The maximum absolute atomic E-state index is 14.1. The molecule has 0 aliphatic carbocycles. The molecule has 0 spiro atoms. The number of carbonyl (C=O) groups is 5. The van der Waals surface area contributed by atoms with Gasteiger partial charge in [0, 0.05) is 54.8 Å². The molecule has 0 saturated heterocycles. The lowest BCUT2D eigenvalue weighted by Gasteiger charge is -2.22. The van der Waals surface area contributed by atoms with Crippen molar-refractivity contribution in [2.24, 2.45) is 4.99 Å². The van der Waals surface area contributed by atoms with Gasteiger partial charge in [0.15, 0.2) is 23.0 Å². The van der Waals surface area contributed by atoms with Crippen molar-refractivity contribution in [3.63, 3.8) is 0 Å². The van der Waals surface area contributed by atoms with Gasteiger partial charge >= 0.3 is 0 Å². The molecule has 4 aliphatic rings. The minimum Gasteiger partial charge on any atom is -0.493 e. The SMILES string of the molecule is CCCCC(=O)N[C@@H](C)C(=O)N[C@@H](C)C(=O)Nc1cc(COc2cc3c(cc2OC)C(=O)N2c4ccccc4C[C@H]2C=N3)cc(COc2cc3c(cc2OC)C(=O)N2c4ccccc4C[C@H]2CN3)c1. The number of amides is 5. The van der Waals surface area contributed by atoms with Crippen LogP contribution in [0.2, 0.25) is 0 Å². The van der Waals surface area contributed by atoms with Gasteiger partial charge in [0.2, 0.25) is 17.7 Å². The Morgan fingerprint density at radius 1 is 0.725 bits per heavy atom. The van der Waals surface area contributed by atoms with Crippen LogP contribution in [0.5, 0.6) is 23.0 Å². The summed E-state index contributed by atoms with van der Waals surface area (Å²) in [6.45, 7) is 5.67. The van der Waals surface area contributed by atoms with Crippen LogP contribution < -0.4 is 50.0 Å². The Labute approximate surface area is 400 Å². The topological polar surface area (TPSA) is 189 Å². The second-order valence-corrected chi connectivity index (χ2v) is 17.7. The number of fused-ring (bicyclic) bond motifs is 8. The zero-order valence-electron chi connectivity index (χ0n) is 39.2. The van der Waals surface area contributed by atoms with E-state index in [9.17, 15) is 24.0 Å². The molecule has 16 nitrogen and oxygen atoms in total. The Balaban J connectivity index is 0.959. The molecule has 0 aromatic heterocycles. The molecule has 5 amide bonds. The lowest BCUT2D eigenvalue weighted by molar-refractivity contribution is -0.130. The van der Waals surface area contributed by atoms with Gasteiger partial charge in [-0.15, -0.1) is 0 Å². The number of methoxy groups -OCH3 is 2. The average molecular weight is 934 g/mol. The van der Waals surface area contributed by atoms with Crippen molar-refractivity contribution in [3.05, 3.63) is 124 Å². The van der Waals surface area contributed by atoms with Crippen molar-refractivity contribution in [1.29, 1.82) is 0 Å². The molecule has 0 bridgehead atoms. The summed E-state index contributed by atoms with van der Waals surface area (Å²) < 4.78 is 24.4. The van der Waals surface area contributed by atoms with Gasteiger partial charge in [-0.1, -0.05) is 49.7 Å².